The molecule has 0 unspecified atom stereocenters. The Hall–Kier alpha value is -3.24. The number of carbonyl (C=O) groups excluding carboxylic acids is 1. The first-order chi connectivity index (χ1) is 12.2. The Labute approximate surface area is 152 Å². The predicted molar refractivity (Wildman–Crippen MR) is 98.6 cm³/mol. The molecule has 0 bridgehead atoms. The summed E-state index contributed by atoms with van der Waals surface area (Å²) in [6, 6.07) is 19.7. The highest BCUT2D eigenvalue weighted by Crippen LogP contribution is 2.22. The van der Waals surface area contributed by atoms with Gasteiger partial charge in [0, 0.05) is 4.47 Å². The lowest BCUT2D eigenvalue weighted by Crippen LogP contribution is -2.15. The number of nitrogens with zero attached hydrogens (tertiary/aromatic N) is 3. The Morgan fingerprint density at radius 3 is 2.36 bits per heavy atom. The molecule has 0 saturated heterocycles. The Morgan fingerprint density at radius 2 is 1.68 bits per heavy atom. The summed E-state index contributed by atoms with van der Waals surface area (Å²) in [7, 11) is 0. The quantitative estimate of drug-likeness (QED) is 0.695. The minimum Gasteiger partial charge on any atom is -0.338 e. The van der Waals surface area contributed by atoms with E-state index in [4.69, 9.17) is 5.26 Å². The Kier molecular flexibility index (Phi) is 5.02. The molecule has 6 nitrogen and oxygen atoms in total. The normalized spacial score (nSPS) is 9.92. The van der Waals surface area contributed by atoms with Crippen LogP contribution in [0.4, 0.5) is 17.2 Å². The summed E-state index contributed by atoms with van der Waals surface area (Å²) in [5.74, 6) is 0.0866. The molecule has 1 amide bonds. The van der Waals surface area contributed by atoms with Crippen molar-refractivity contribution in [2.75, 3.05) is 10.6 Å². The molecule has 25 heavy (non-hydrogen) atoms. The van der Waals surface area contributed by atoms with Crippen LogP contribution in [0.2, 0.25) is 0 Å². The van der Waals surface area contributed by atoms with Gasteiger partial charge in [-0.15, -0.1) is 10.2 Å². The molecule has 2 N–H and O–H groups in total. The maximum atomic E-state index is 12.2. The van der Waals surface area contributed by atoms with Gasteiger partial charge in [-0.25, -0.2) is 0 Å². The number of para-hydroxylation sites is 2. The van der Waals surface area contributed by atoms with Gasteiger partial charge in [0.15, 0.2) is 11.5 Å². The number of halogens is 1. The Balaban J connectivity index is 1.73. The van der Waals surface area contributed by atoms with Crippen LogP contribution in [0.25, 0.3) is 0 Å². The summed E-state index contributed by atoms with van der Waals surface area (Å²) in [5.41, 5.74) is 1.97. The molecule has 0 aliphatic rings. The standard InChI is InChI=1S/C18H12BrN5O/c19-13-6-2-4-8-15(13)22-18(25)16-9-10-17(24-23-16)21-14-7-3-1-5-12(14)11-20/h1-10H,(H,21,24)(H,22,25). The van der Waals surface area contributed by atoms with E-state index in [-0.39, 0.29) is 11.6 Å². The van der Waals surface area contributed by atoms with Crippen LogP contribution in [-0.4, -0.2) is 16.1 Å². The highest BCUT2D eigenvalue weighted by atomic mass is 79.9. The van der Waals surface area contributed by atoms with Gasteiger partial charge in [-0.05, 0) is 52.3 Å². The van der Waals surface area contributed by atoms with Crippen LogP contribution in [0.15, 0.2) is 65.1 Å². The van der Waals surface area contributed by atoms with Crippen molar-refractivity contribution >= 4 is 39.0 Å². The van der Waals surface area contributed by atoms with Crippen molar-refractivity contribution < 1.29 is 4.79 Å². The van der Waals surface area contributed by atoms with Crippen molar-refractivity contribution in [3.05, 3.63) is 76.4 Å². The average molecular weight is 394 g/mol. The third-order valence-corrected chi connectivity index (χ3v) is 4.02. The lowest BCUT2D eigenvalue weighted by Gasteiger charge is -2.08. The summed E-state index contributed by atoms with van der Waals surface area (Å²) < 4.78 is 0.780. The number of hydrogen-bond acceptors (Lipinski definition) is 5. The summed E-state index contributed by atoms with van der Waals surface area (Å²) in [5, 5.41) is 22.8. The Bertz CT molecular complexity index is 950. The highest BCUT2D eigenvalue weighted by Gasteiger charge is 2.11. The molecule has 0 radical (unpaired) electrons. The van der Waals surface area contributed by atoms with E-state index >= 15 is 0 Å². The minimum absolute atomic E-state index is 0.190. The van der Waals surface area contributed by atoms with Gasteiger partial charge in [0.2, 0.25) is 0 Å². The second-order valence-electron chi connectivity index (χ2n) is 5.02. The second-order valence-corrected chi connectivity index (χ2v) is 5.87. The number of nitriles is 1. The molecule has 0 fully saturated rings. The van der Waals surface area contributed by atoms with Crippen molar-refractivity contribution in [2.24, 2.45) is 0 Å². The predicted octanol–water partition coefficient (Wildman–Crippen LogP) is 4.11. The summed E-state index contributed by atoms with van der Waals surface area (Å²) in [6.45, 7) is 0. The molecular weight excluding hydrogens is 382 g/mol. The molecule has 0 aliphatic carbocycles. The average Bonchev–Trinajstić information content (AvgIpc) is 2.64. The van der Waals surface area contributed by atoms with Gasteiger partial charge >= 0.3 is 0 Å². The van der Waals surface area contributed by atoms with Crippen LogP contribution >= 0.6 is 15.9 Å². The number of hydrogen-bond donors (Lipinski definition) is 2. The highest BCUT2D eigenvalue weighted by molar-refractivity contribution is 9.10. The van der Waals surface area contributed by atoms with E-state index in [1.165, 1.54) is 0 Å². The van der Waals surface area contributed by atoms with Crippen LogP contribution in [0, 0.1) is 11.3 Å². The first kappa shape index (κ1) is 16.6. The van der Waals surface area contributed by atoms with Crippen molar-refractivity contribution in [3.63, 3.8) is 0 Å². The molecule has 1 heterocycles. The first-order valence-electron chi connectivity index (χ1n) is 7.33. The second kappa shape index (κ2) is 7.55. The zero-order valence-electron chi connectivity index (χ0n) is 12.9. The van der Waals surface area contributed by atoms with Crippen LogP contribution in [0.3, 0.4) is 0 Å². The summed E-state index contributed by atoms with van der Waals surface area (Å²) in [4.78, 5) is 12.2. The van der Waals surface area contributed by atoms with Gasteiger partial charge < -0.3 is 10.6 Å². The van der Waals surface area contributed by atoms with E-state index in [1.807, 2.05) is 24.3 Å². The third-order valence-electron chi connectivity index (χ3n) is 3.33. The fourth-order valence-corrected chi connectivity index (χ4v) is 2.48. The maximum Gasteiger partial charge on any atom is 0.276 e. The molecule has 0 saturated carbocycles. The van der Waals surface area contributed by atoms with Gasteiger partial charge in [-0.1, -0.05) is 24.3 Å². The number of carbonyl (C=O) groups is 1. The summed E-state index contributed by atoms with van der Waals surface area (Å²) in [6.07, 6.45) is 0. The SMILES string of the molecule is N#Cc1ccccc1Nc1ccc(C(=O)Nc2ccccc2Br)nn1. The molecule has 0 spiro atoms. The third kappa shape index (κ3) is 4.00. The Morgan fingerprint density at radius 1 is 0.960 bits per heavy atom. The lowest BCUT2D eigenvalue weighted by atomic mass is 10.2. The van der Waals surface area contributed by atoms with Crippen LogP contribution in [0.5, 0.6) is 0 Å². The van der Waals surface area contributed by atoms with E-state index in [0.717, 1.165) is 4.47 Å². The van der Waals surface area contributed by atoms with Crippen LogP contribution in [-0.2, 0) is 0 Å². The van der Waals surface area contributed by atoms with E-state index < -0.39 is 0 Å². The monoisotopic (exact) mass is 393 g/mol. The van der Waals surface area contributed by atoms with Crippen LogP contribution in [0.1, 0.15) is 16.1 Å². The molecule has 122 valence electrons. The van der Waals surface area contributed by atoms with Gasteiger partial charge in [0.25, 0.3) is 5.91 Å². The molecule has 2 aromatic carbocycles. The zero-order valence-corrected chi connectivity index (χ0v) is 14.5. The first-order valence-corrected chi connectivity index (χ1v) is 8.12. The van der Waals surface area contributed by atoms with Gasteiger partial charge in [-0.2, -0.15) is 5.26 Å². The minimum atomic E-state index is -0.358. The van der Waals surface area contributed by atoms with E-state index in [2.05, 4.69) is 42.8 Å². The molecule has 0 aliphatic heterocycles. The van der Waals surface area contributed by atoms with Crippen molar-refractivity contribution in [1.29, 1.82) is 5.26 Å². The molecule has 7 heteroatoms. The molecular formula is C18H12BrN5O. The zero-order chi connectivity index (χ0) is 17.6. The smallest absolute Gasteiger partial charge is 0.276 e. The number of nitrogens with one attached hydrogen (secondary N) is 2. The number of amides is 1. The fraction of sp³-hybridized carbons (Fsp3) is 0. The molecule has 0 atom stereocenters. The maximum absolute atomic E-state index is 12.2. The van der Waals surface area contributed by atoms with E-state index in [9.17, 15) is 4.79 Å². The number of aromatic nitrogens is 2. The van der Waals surface area contributed by atoms with Gasteiger partial charge in [0.05, 0.1) is 16.9 Å². The molecule has 3 rings (SSSR count). The molecule has 1 aromatic heterocycles. The number of anilines is 3. The van der Waals surface area contributed by atoms with E-state index in [1.54, 1.807) is 36.4 Å². The lowest BCUT2D eigenvalue weighted by molar-refractivity contribution is 0.102. The van der Waals surface area contributed by atoms with Gasteiger partial charge in [-0.3, -0.25) is 4.79 Å². The number of rotatable bonds is 4. The van der Waals surface area contributed by atoms with E-state index in [0.29, 0.717) is 22.8 Å². The molecule has 3 aromatic rings. The van der Waals surface area contributed by atoms with Crippen molar-refractivity contribution in [2.45, 2.75) is 0 Å². The van der Waals surface area contributed by atoms with Crippen LogP contribution < -0.4 is 10.6 Å². The van der Waals surface area contributed by atoms with Gasteiger partial charge in [0.1, 0.15) is 6.07 Å². The topological polar surface area (TPSA) is 90.7 Å². The van der Waals surface area contributed by atoms with Crippen molar-refractivity contribution in [1.82, 2.24) is 10.2 Å². The summed E-state index contributed by atoms with van der Waals surface area (Å²) >= 11 is 3.37. The largest absolute Gasteiger partial charge is 0.338 e. The fourth-order valence-electron chi connectivity index (χ4n) is 2.10. The van der Waals surface area contributed by atoms with Crippen molar-refractivity contribution in [3.8, 4) is 6.07 Å². The number of benzene rings is 2.